The summed E-state index contributed by atoms with van der Waals surface area (Å²) in [4.78, 5) is 99.3. The number of carbonyl (C=O) groups is 6. The Hall–Kier alpha value is -6.44. The van der Waals surface area contributed by atoms with E-state index in [2.05, 4.69) is 20.3 Å². The zero-order valence-electron chi connectivity index (χ0n) is 43.2. The summed E-state index contributed by atoms with van der Waals surface area (Å²) in [6, 6.07) is 12.2. The van der Waals surface area contributed by atoms with Crippen molar-refractivity contribution in [3.05, 3.63) is 78.9 Å². The van der Waals surface area contributed by atoms with E-state index in [4.69, 9.17) is 28.4 Å². The summed E-state index contributed by atoms with van der Waals surface area (Å²) in [5, 5.41) is 12.1. The number of nitrogens with zero attached hydrogens (tertiary/aromatic N) is 5. The molecule has 0 saturated carbocycles. The molecule has 5 rings (SSSR count). The van der Waals surface area contributed by atoms with Crippen molar-refractivity contribution in [2.75, 3.05) is 32.1 Å². The first-order valence-electron chi connectivity index (χ1n) is 24.5. The first-order valence-corrected chi connectivity index (χ1v) is 24.5. The van der Waals surface area contributed by atoms with Crippen LogP contribution in [-0.4, -0.2) is 137 Å². The molecule has 3 aromatic rings. The Morgan fingerprint density at radius 1 is 0.972 bits per heavy atom. The summed E-state index contributed by atoms with van der Waals surface area (Å²) >= 11 is 0. The molecule has 2 aliphatic rings. The van der Waals surface area contributed by atoms with Gasteiger partial charge in [-0.05, 0) is 91.7 Å². The largest absolute Gasteiger partial charge is 0.457 e. The lowest BCUT2D eigenvalue weighted by Gasteiger charge is -2.48. The SMILES string of the molecule is CC[C@H]1OC(=O)[C@H](C)[C@@H](OC(=O)N(CC)c2cccnc2)[C@H](C)[C@@H](O[C@@H]2O[C@H](C)C[C@H](N(C)C)C2C=O)[C@](C)(OC(=O)NC/C=C/c2ccc(-c3ncccn3)cc2)C[C@@H](C)C(=O)[C@H](C)C(=N)[C@]1(C)OC=O. The molecule has 2 aromatic heterocycles. The predicted molar refractivity (Wildman–Crippen MR) is 268 cm³/mol. The molecule has 0 aliphatic carbocycles. The molecule has 1 unspecified atom stereocenters. The van der Waals surface area contributed by atoms with Crippen LogP contribution in [0.5, 0.6) is 0 Å². The van der Waals surface area contributed by atoms with Crippen LogP contribution in [0.3, 0.4) is 0 Å². The molecule has 390 valence electrons. The average molecular weight is 998 g/mol. The van der Waals surface area contributed by atoms with Crippen molar-refractivity contribution in [3.63, 3.8) is 0 Å². The Balaban J connectivity index is 1.63. The number of nitrogens with one attached hydrogen (secondary N) is 2. The number of pyridine rings is 1. The van der Waals surface area contributed by atoms with Crippen molar-refractivity contribution >= 4 is 54.2 Å². The number of amides is 2. The van der Waals surface area contributed by atoms with Crippen LogP contribution in [0.1, 0.15) is 87.1 Å². The lowest BCUT2D eigenvalue weighted by Crippen LogP contribution is -2.60. The Kier molecular flexibility index (Phi) is 19.8. The number of carbonyl (C=O) groups excluding carboxylic acids is 6. The molecule has 4 heterocycles. The monoisotopic (exact) mass is 998 g/mol. The molecule has 2 amide bonds. The number of Topliss-reactive ketones (excluding diaryl/α,β-unsaturated/α-hetero) is 1. The maximum atomic E-state index is 14.7. The number of rotatable bonds is 15. The highest BCUT2D eigenvalue weighted by Crippen LogP contribution is 2.41. The van der Waals surface area contributed by atoms with Gasteiger partial charge in [0.1, 0.15) is 36.0 Å². The smallest absolute Gasteiger partial charge is 0.414 e. The van der Waals surface area contributed by atoms with Crippen molar-refractivity contribution in [1.29, 1.82) is 5.41 Å². The molecule has 2 aliphatic heterocycles. The van der Waals surface area contributed by atoms with Gasteiger partial charge >= 0.3 is 18.2 Å². The Labute approximate surface area is 422 Å². The van der Waals surface area contributed by atoms with E-state index in [1.54, 1.807) is 77.5 Å². The van der Waals surface area contributed by atoms with Gasteiger partial charge < -0.3 is 48.8 Å². The lowest BCUT2D eigenvalue weighted by molar-refractivity contribution is -0.280. The maximum absolute atomic E-state index is 14.7. The van der Waals surface area contributed by atoms with Gasteiger partial charge in [-0.2, -0.15) is 0 Å². The zero-order valence-corrected chi connectivity index (χ0v) is 43.2. The van der Waals surface area contributed by atoms with Crippen LogP contribution in [0.15, 0.2) is 73.3 Å². The van der Waals surface area contributed by atoms with Gasteiger partial charge in [0.2, 0.25) is 0 Å². The van der Waals surface area contributed by atoms with Gasteiger partial charge in [0.25, 0.3) is 6.47 Å². The van der Waals surface area contributed by atoms with Crippen LogP contribution in [-0.2, 0) is 47.6 Å². The van der Waals surface area contributed by atoms with Crippen molar-refractivity contribution < 1.29 is 57.2 Å². The third-order valence-corrected chi connectivity index (χ3v) is 13.9. The molecule has 2 saturated heterocycles. The van der Waals surface area contributed by atoms with E-state index >= 15 is 0 Å². The predicted octanol–water partition coefficient (Wildman–Crippen LogP) is 7.12. The standard InChI is InChI=1S/C53H71N7O12/c1-12-42-53(9,67-31-62)45(54)34(5)43(63)32(3)28-52(8,72-50(65)58-24-14-17-37-19-21-38(22-20-37)47-56-25-16-26-57-47)46(71-49-40(30-61)41(59(10)11)27-33(4)68-49)35(6)44(36(7)48(64)69-42)70-51(66)60(13-2)39-18-15-23-55-29-39/h14-23,25-26,29-36,40-42,44,46,49,54H,12-13,24,27-28H2,1-11H3,(H,58,65)/b17-14+,54-45?/t32-,33-,34+,35+,36-,40?,41+,42-,44+,46-,49+,52-,53-/m1/s1. The molecule has 19 heteroatoms. The number of alkyl carbamates (subject to hydrolysis) is 1. The lowest BCUT2D eigenvalue weighted by atomic mass is 9.74. The number of hydrogen-bond donors (Lipinski definition) is 2. The van der Waals surface area contributed by atoms with E-state index in [0.29, 0.717) is 17.9 Å². The van der Waals surface area contributed by atoms with E-state index in [1.807, 2.05) is 56.3 Å². The highest BCUT2D eigenvalue weighted by Gasteiger charge is 2.54. The zero-order chi connectivity index (χ0) is 52.9. The molecule has 1 aromatic carbocycles. The summed E-state index contributed by atoms with van der Waals surface area (Å²) in [7, 11) is 3.68. The van der Waals surface area contributed by atoms with Crippen LogP contribution < -0.4 is 10.2 Å². The number of anilines is 1. The number of benzene rings is 1. The molecule has 2 N–H and O–H groups in total. The van der Waals surface area contributed by atoms with E-state index in [-0.39, 0.29) is 44.2 Å². The van der Waals surface area contributed by atoms with Crippen LogP contribution in [0.4, 0.5) is 15.3 Å². The van der Waals surface area contributed by atoms with Crippen LogP contribution >= 0.6 is 0 Å². The molecule has 0 bridgehead atoms. The summed E-state index contributed by atoms with van der Waals surface area (Å²) in [6.07, 6.45) is 3.38. The van der Waals surface area contributed by atoms with E-state index < -0.39 is 95.4 Å². The fourth-order valence-electron chi connectivity index (χ4n) is 9.88. The van der Waals surface area contributed by atoms with Gasteiger partial charge in [0.05, 0.1) is 41.5 Å². The third-order valence-electron chi connectivity index (χ3n) is 13.9. The molecule has 13 atom stereocenters. The topological polar surface area (TPSA) is 239 Å². The highest BCUT2D eigenvalue weighted by atomic mass is 16.7. The van der Waals surface area contributed by atoms with Crippen LogP contribution in [0.2, 0.25) is 0 Å². The van der Waals surface area contributed by atoms with Crippen LogP contribution in [0.25, 0.3) is 17.5 Å². The Bertz CT molecular complexity index is 2360. The first kappa shape index (κ1) is 56.5. The maximum Gasteiger partial charge on any atom is 0.414 e. The van der Waals surface area contributed by atoms with Gasteiger partial charge in [-0.15, -0.1) is 0 Å². The molecule has 0 spiro atoms. The normalized spacial score (nSPS) is 30.7. The molecule has 0 radical (unpaired) electrons. The van der Waals surface area contributed by atoms with Crippen molar-refractivity contribution in [3.8, 4) is 11.4 Å². The van der Waals surface area contributed by atoms with Gasteiger partial charge in [0, 0.05) is 55.1 Å². The van der Waals surface area contributed by atoms with Gasteiger partial charge in [-0.1, -0.05) is 64.1 Å². The molecule has 2 fully saturated rings. The number of aldehydes is 1. The second-order valence-electron chi connectivity index (χ2n) is 19.3. The number of cyclic esters (lactones) is 1. The van der Waals surface area contributed by atoms with Crippen LogP contribution in [0, 0.1) is 35.0 Å². The summed E-state index contributed by atoms with van der Waals surface area (Å²) in [6.45, 7) is 14.8. The number of ether oxygens (including phenoxy) is 6. The number of esters is 1. The van der Waals surface area contributed by atoms with Crippen molar-refractivity contribution in [2.24, 2.45) is 29.6 Å². The summed E-state index contributed by atoms with van der Waals surface area (Å²) in [5.41, 5.74) is -2.03. The third kappa shape index (κ3) is 13.3. The molecule has 19 nitrogen and oxygen atoms in total. The fourth-order valence-corrected chi connectivity index (χ4v) is 9.88. The van der Waals surface area contributed by atoms with Crippen molar-refractivity contribution in [2.45, 2.75) is 130 Å². The fraction of sp³-hybridized carbons (Fsp3) is 0.547. The second-order valence-corrected chi connectivity index (χ2v) is 19.3. The Morgan fingerprint density at radius 3 is 2.26 bits per heavy atom. The summed E-state index contributed by atoms with van der Waals surface area (Å²) < 4.78 is 38.0. The minimum absolute atomic E-state index is 0.00141. The van der Waals surface area contributed by atoms with E-state index in [9.17, 15) is 34.2 Å². The van der Waals surface area contributed by atoms with Gasteiger partial charge in [-0.25, -0.2) is 19.6 Å². The molecular formula is C53H71N7O12. The minimum Gasteiger partial charge on any atom is -0.457 e. The molecular weight excluding hydrogens is 927 g/mol. The van der Waals surface area contributed by atoms with Gasteiger partial charge in [-0.3, -0.25) is 24.3 Å². The van der Waals surface area contributed by atoms with Gasteiger partial charge in [0.15, 0.2) is 17.7 Å². The minimum atomic E-state index is -1.90. The molecule has 72 heavy (non-hydrogen) atoms. The number of ketones is 1. The number of aromatic nitrogens is 3. The van der Waals surface area contributed by atoms with E-state index in [0.717, 1.165) is 17.4 Å². The van der Waals surface area contributed by atoms with Crippen molar-refractivity contribution in [1.82, 2.24) is 25.2 Å². The quantitative estimate of drug-likeness (QED) is 0.0875. The second kappa shape index (κ2) is 25.3. The van der Waals surface area contributed by atoms with E-state index in [1.165, 1.54) is 31.9 Å². The number of hydrogen-bond acceptors (Lipinski definition) is 17. The average Bonchev–Trinajstić information content (AvgIpc) is 3.36. The summed E-state index contributed by atoms with van der Waals surface area (Å²) in [5.74, 6) is -6.30. The first-order chi connectivity index (χ1) is 34.2. The Morgan fingerprint density at radius 2 is 1.67 bits per heavy atom. The highest BCUT2D eigenvalue weighted by molar-refractivity contribution is 6.08.